The molecule has 1 unspecified atom stereocenters. The van der Waals surface area contributed by atoms with Crippen molar-refractivity contribution in [3.05, 3.63) is 28.7 Å². The van der Waals surface area contributed by atoms with E-state index in [0.717, 1.165) is 10.9 Å². The van der Waals surface area contributed by atoms with E-state index in [0.29, 0.717) is 17.8 Å². The molecule has 1 heterocycles. The maximum Gasteiger partial charge on any atom is 0.216 e. The molecule has 0 saturated heterocycles. The quantitative estimate of drug-likeness (QED) is 0.779. The van der Waals surface area contributed by atoms with Crippen LogP contribution >= 0.6 is 11.6 Å². The molecule has 0 fully saturated rings. The maximum atomic E-state index is 14.7. The van der Waals surface area contributed by atoms with Crippen molar-refractivity contribution in [3.8, 4) is 5.75 Å². The number of carbonyl (C=O) groups excluding carboxylic acids is 1. The maximum absolute atomic E-state index is 14.7. The second-order valence-corrected chi connectivity index (χ2v) is 8.05. The molecule has 1 aromatic heterocycles. The van der Waals surface area contributed by atoms with Gasteiger partial charge in [-0.05, 0) is 38.3 Å². The number of amides is 1. The van der Waals surface area contributed by atoms with Crippen LogP contribution in [0.15, 0.2) is 12.3 Å². The zero-order valence-electron chi connectivity index (χ0n) is 15.6. The molecule has 0 radical (unpaired) electrons. The number of H-pyrrole nitrogens is 1. The molecule has 0 bridgehead atoms. The summed E-state index contributed by atoms with van der Waals surface area (Å²) in [5, 5.41) is 3.55. The summed E-state index contributed by atoms with van der Waals surface area (Å²) in [6.07, 6.45) is 1.79. The number of carbonyl (C=O) groups is 1. The fourth-order valence-corrected chi connectivity index (χ4v) is 3.06. The lowest BCUT2D eigenvalue weighted by molar-refractivity contribution is -0.119. The number of halogens is 2. The fraction of sp³-hybridized carbons (Fsp3) is 0.526. The van der Waals surface area contributed by atoms with Gasteiger partial charge in [-0.25, -0.2) is 4.39 Å². The highest BCUT2D eigenvalue weighted by atomic mass is 35.5. The lowest BCUT2D eigenvalue weighted by atomic mass is 9.88. The Morgan fingerprint density at radius 1 is 1.40 bits per heavy atom. The summed E-state index contributed by atoms with van der Waals surface area (Å²) in [7, 11) is 0. The summed E-state index contributed by atoms with van der Waals surface area (Å²) >= 11 is 6.16. The van der Waals surface area contributed by atoms with E-state index in [1.54, 1.807) is 12.3 Å². The Morgan fingerprint density at radius 2 is 2.04 bits per heavy atom. The van der Waals surface area contributed by atoms with Gasteiger partial charge in [0.2, 0.25) is 5.91 Å². The second-order valence-electron chi connectivity index (χ2n) is 7.67. The third kappa shape index (κ3) is 4.46. The first-order valence-electron chi connectivity index (χ1n) is 8.43. The van der Waals surface area contributed by atoms with Gasteiger partial charge in [-0.2, -0.15) is 0 Å². The van der Waals surface area contributed by atoms with Crippen LogP contribution in [-0.4, -0.2) is 23.0 Å². The van der Waals surface area contributed by atoms with E-state index in [1.807, 2.05) is 20.8 Å². The van der Waals surface area contributed by atoms with Gasteiger partial charge in [-0.3, -0.25) is 4.79 Å². The Labute approximate surface area is 153 Å². The molecule has 1 atom stereocenters. The highest BCUT2D eigenvalue weighted by Crippen LogP contribution is 2.39. The second kappa shape index (κ2) is 7.24. The number of aromatic amines is 1. The van der Waals surface area contributed by atoms with E-state index in [4.69, 9.17) is 16.3 Å². The minimum absolute atomic E-state index is 0.0289. The van der Waals surface area contributed by atoms with E-state index in [-0.39, 0.29) is 22.8 Å². The molecular formula is C19H26ClFN2O2. The number of ether oxygens (including phenoxy) is 1. The van der Waals surface area contributed by atoms with Crippen LogP contribution in [0.1, 0.15) is 53.0 Å². The van der Waals surface area contributed by atoms with Gasteiger partial charge in [-0.15, -0.1) is 0 Å². The number of aromatic nitrogens is 1. The fourth-order valence-electron chi connectivity index (χ4n) is 2.87. The molecule has 0 aliphatic carbocycles. The highest BCUT2D eigenvalue weighted by molar-refractivity contribution is 6.33. The third-order valence-electron chi connectivity index (χ3n) is 4.05. The van der Waals surface area contributed by atoms with Crippen LogP contribution in [0, 0.1) is 11.7 Å². The highest BCUT2D eigenvalue weighted by Gasteiger charge is 2.25. The molecule has 0 aliphatic heterocycles. The molecule has 2 N–H and O–H groups in total. The first-order valence-corrected chi connectivity index (χ1v) is 8.81. The van der Waals surface area contributed by atoms with Crippen LogP contribution in [0.25, 0.3) is 10.9 Å². The van der Waals surface area contributed by atoms with Crippen molar-refractivity contribution in [2.24, 2.45) is 5.92 Å². The Kier molecular flexibility index (Phi) is 5.67. The predicted octanol–water partition coefficient (Wildman–Crippen LogP) is 5.01. The minimum Gasteiger partial charge on any atom is -0.486 e. The van der Waals surface area contributed by atoms with Crippen LogP contribution in [0.3, 0.4) is 0 Å². The zero-order valence-corrected chi connectivity index (χ0v) is 16.3. The van der Waals surface area contributed by atoms with Crippen molar-refractivity contribution in [1.82, 2.24) is 10.3 Å². The van der Waals surface area contributed by atoms with Crippen molar-refractivity contribution >= 4 is 28.4 Å². The van der Waals surface area contributed by atoms with E-state index in [2.05, 4.69) is 24.1 Å². The smallest absolute Gasteiger partial charge is 0.216 e. The summed E-state index contributed by atoms with van der Waals surface area (Å²) in [5.74, 6) is 0.0162. The number of benzene rings is 1. The molecule has 138 valence electrons. The van der Waals surface area contributed by atoms with Crippen LogP contribution in [0.2, 0.25) is 5.02 Å². The van der Waals surface area contributed by atoms with Gasteiger partial charge in [0.05, 0.1) is 5.52 Å². The van der Waals surface area contributed by atoms with E-state index in [9.17, 15) is 9.18 Å². The standard InChI is InChI=1S/C19H26ClFN2O2/c1-10(2)13(8-22-11(3)24)14-9-23-18-12(14)7-15(16(20)17(18)21)25-19(4,5)6/h7,9-10,13,23H,8H2,1-6H3,(H,22,24). The average Bonchev–Trinajstić information content (AvgIpc) is 2.86. The number of nitrogens with one attached hydrogen (secondary N) is 2. The molecule has 0 spiro atoms. The lowest BCUT2D eigenvalue weighted by Gasteiger charge is -2.23. The minimum atomic E-state index is -0.522. The molecule has 1 amide bonds. The molecule has 4 nitrogen and oxygen atoms in total. The van der Waals surface area contributed by atoms with Gasteiger partial charge in [0.15, 0.2) is 5.82 Å². The zero-order chi connectivity index (χ0) is 18.9. The van der Waals surface area contributed by atoms with Gasteiger partial charge in [0.25, 0.3) is 0 Å². The Morgan fingerprint density at radius 3 is 2.56 bits per heavy atom. The molecule has 6 heteroatoms. The van der Waals surface area contributed by atoms with E-state index < -0.39 is 11.4 Å². The van der Waals surface area contributed by atoms with Gasteiger partial charge >= 0.3 is 0 Å². The van der Waals surface area contributed by atoms with E-state index in [1.165, 1.54) is 6.92 Å². The predicted molar refractivity (Wildman–Crippen MR) is 99.9 cm³/mol. The molecule has 0 aliphatic rings. The Bertz CT molecular complexity index is 778. The molecule has 0 saturated carbocycles. The Balaban J connectivity index is 2.55. The SMILES string of the molecule is CC(=O)NCC(c1c[nH]c2c(F)c(Cl)c(OC(C)(C)C)cc12)C(C)C. The van der Waals surface area contributed by atoms with Crippen LogP contribution in [-0.2, 0) is 4.79 Å². The van der Waals surface area contributed by atoms with Gasteiger partial charge in [0, 0.05) is 31.0 Å². The molecule has 1 aromatic carbocycles. The molecule has 25 heavy (non-hydrogen) atoms. The van der Waals surface area contributed by atoms with Crippen molar-refractivity contribution in [3.63, 3.8) is 0 Å². The third-order valence-corrected chi connectivity index (χ3v) is 4.40. The van der Waals surface area contributed by atoms with E-state index >= 15 is 0 Å². The first kappa shape index (κ1) is 19.6. The molecule has 2 aromatic rings. The number of hydrogen-bond acceptors (Lipinski definition) is 2. The Hall–Kier alpha value is -1.75. The lowest BCUT2D eigenvalue weighted by Crippen LogP contribution is -2.28. The van der Waals surface area contributed by atoms with Crippen LogP contribution in [0.4, 0.5) is 4.39 Å². The van der Waals surface area contributed by atoms with Gasteiger partial charge in [0.1, 0.15) is 16.4 Å². The van der Waals surface area contributed by atoms with Crippen molar-refractivity contribution < 1.29 is 13.9 Å². The normalized spacial score (nSPS) is 13.3. The van der Waals surface area contributed by atoms with Crippen LogP contribution < -0.4 is 10.1 Å². The molecule has 2 rings (SSSR count). The summed E-state index contributed by atoms with van der Waals surface area (Å²) in [6.45, 7) is 11.8. The van der Waals surface area contributed by atoms with Crippen LogP contribution in [0.5, 0.6) is 5.75 Å². The number of rotatable bonds is 5. The largest absolute Gasteiger partial charge is 0.486 e. The van der Waals surface area contributed by atoms with Gasteiger partial charge in [-0.1, -0.05) is 25.4 Å². The van der Waals surface area contributed by atoms with Crippen molar-refractivity contribution in [2.45, 2.75) is 53.1 Å². The molecular weight excluding hydrogens is 343 g/mol. The average molecular weight is 369 g/mol. The van der Waals surface area contributed by atoms with Gasteiger partial charge < -0.3 is 15.0 Å². The summed E-state index contributed by atoms with van der Waals surface area (Å²) < 4.78 is 20.5. The topological polar surface area (TPSA) is 54.1 Å². The first-order chi connectivity index (χ1) is 11.5. The number of fused-ring (bicyclic) bond motifs is 1. The summed E-state index contributed by atoms with van der Waals surface area (Å²) in [5.41, 5.74) is 0.802. The summed E-state index contributed by atoms with van der Waals surface area (Å²) in [4.78, 5) is 14.3. The number of hydrogen-bond donors (Lipinski definition) is 2. The monoisotopic (exact) mass is 368 g/mol. The van der Waals surface area contributed by atoms with Crippen molar-refractivity contribution in [1.29, 1.82) is 0 Å². The van der Waals surface area contributed by atoms with Crippen molar-refractivity contribution in [2.75, 3.05) is 6.54 Å². The summed E-state index contributed by atoms with van der Waals surface area (Å²) in [6, 6.07) is 1.78.